The zero-order valence-electron chi connectivity index (χ0n) is 10.3. The van der Waals surface area contributed by atoms with Crippen molar-refractivity contribution in [2.75, 3.05) is 0 Å². The lowest BCUT2D eigenvalue weighted by atomic mass is 9.89. The highest BCUT2D eigenvalue weighted by Gasteiger charge is 2.33. The molecule has 0 spiro atoms. The summed E-state index contributed by atoms with van der Waals surface area (Å²) in [5, 5.41) is 0.957. The van der Waals surface area contributed by atoms with Gasteiger partial charge in [-0.15, -0.1) is 0 Å². The molecule has 3 rings (SSSR count). The van der Waals surface area contributed by atoms with E-state index in [0.29, 0.717) is 12.2 Å². The first-order valence-electron chi connectivity index (χ1n) is 6.69. The molecule has 2 aliphatic rings. The summed E-state index contributed by atoms with van der Waals surface area (Å²) >= 11 is 6.36. The fourth-order valence-electron chi connectivity index (χ4n) is 2.83. The van der Waals surface area contributed by atoms with Gasteiger partial charge in [0.1, 0.15) is 0 Å². The Kier molecular flexibility index (Phi) is 3.14. The summed E-state index contributed by atoms with van der Waals surface area (Å²) < 4.78 is 5.45. The third-order valence-corrected chi connectivity index (χ3v) is 4.40. The third kappa shape index (κ3) is 2.51. The van der Waals surface area contributed by atoms with E-state index < -0.39 is 0 Å². The van der Waals surface area contributed by atoms with Crippen molar-refractivity contribution in [2.24, 2.45) is 0 Å². The zero-order valence-corrected chi connectivity index (χ0v) is 11.1. The zero-order chi connectivity index (χ0) is 11.8. The van der Waals surface area contributed by atoms with Gasteiger partial charge in [0.15, 0.2) is 0 Å². The van der Waals surface area contributed by atoms with Crippen molar-refractivity contribution < 1.29 is 4.74 Å². The van der Waals surface area contributed by atoms with Gasteiger partial charge >= 0.3 is 0 Å². The van der Waals surface area contributed by atoms with E-state index in [-0.39, 0.29) is 0 Å². The van der Waals surface area contributed by atoms with Crippen LogP contribution >= 0.6 is 11.6 Å². The van der Waals surface area contributed by atoms with Gasteiger partial charge in [-0.2, -0.15) is 0 Å². The van der Waals surface area contributed by atoms with Crippen LogP contribution in [0.15, 0.2) is 12.1 Å². The minimum absolute atomic E-state index is 0.464. The fraction of sp³-hybridized carbons (Fsp3) is 0.600. The van der Waals surface area contributed by atoms with Crippen LogP contribution in [0.3, 0.4) is 0 Å². The SMILES string of the molecule is CC1OC1CCc1cc2c(cc1Cl)CCCC2. The van der Waals surface area contributed by atoms with Crippen LogP contribution in [0.5, 0.6) is 0 Å². The molecule has 17 heavy (non-hydrogen) atoms. The summed E-state index contributed by atoms with van der Waals surface area (Å²) in [4.78, 5) is 0. The number of hydrogen-bond acceptors (Lipinski definition) is 1. The van der Waals surface area contributed by atoms with Crippen molar-refractivity contribution in [3.8, 4) is 0 Å². The molecule has 2 atom stereocenters. The Balaban J connectivity index is 1.74. The first-order chi connectivity index (χ1) is 8.24. The van der Waals surface area contributed by atoms with Crippen LogP contribution in [0.2, 0.25) is 5.02 Å². The van der Waals surface area contributed by atoms with Crippen LogP contribution in [0.1, 0.15) is 42.9 Å². The maximum Gasteiger partial charge on any atom is 0.0842 e. The van der Waals surface area contributed by atoms with Crippen molar-refractivity contribution >= 4 is 11.6 Å². The van der Waals surface area contributed by atoms with Gasteiger partial charge in [0, 0.05) is 5.02 Å². The monoisotopic (exact) mass is 250 g/mol. The molecule has 1 aliphatic carbocycles. The van der Waals surface area contributed by atoms with E-state index in [1.165, 1.54) is 42.4 Å². The van der Waals surface area contributed by atoms with Crippen LogP contribution in [-0.2, 0) is 24.0 Å². The molecule has 2 unspecified atom stereocenters. The smallest absolute Gasteiger partial charge is 0.0842 e. The van der Waals surface area contributed by atoms with Crippen molar-refractivity contribution in [1.82, 2.24) is 0 Å². The van der Waals surface area contributed by atoms with E-state index in [4.69, 9.17) is 16.3 Å². The van der Waals surface area contributed by atoms with Crippen molar-refractivity contribution in [3.63, 3.8) is 0 Å². The molecule has 0 N–H and O–H groups in total. The van der Waals surface area contributed by atoms with Gasteiger partial charge in [-0.05, 0) is 68.2 Å². The molecule has 1 aromatic rings. The quantitative estimate of drug-likeness (QED) is 0.741. The fourth-order valence-corrected chi connectivity index (χ4v) is 3.11. The van der Waals surface area contributed by atoms with Crippen LogP contribution in [0.4, 0.5) is 0 Å². The maximum absolute atomic E-state index is 6.36. The summed E-state index contributed by atoms with van der Waals surface area (Å²) in [5.74, 6) is 0. The number of halogens is 1. The van der Waals surface area contributed by atoms with Gasteiger partial charge in [0.2, 0.25) is 0 Å². The second-order valence-corrected chi connectivity index (χ2v) is 5.74. The minimum atomic E-state index is 0.464. The predicted octanol–water partition coefficient (Wildman–Crippen LogP) is 3.94. The Morgan fingerprint density at radius 1 is 1.24 bits per heavy atom. The van der Waals surface area contributed by atoms with Crippen LogP contribution < -0.4 is 0 Å². The summed E-state index contributed by atoms with van der Waals surface area (Å²) in [5.41, 5.74) is 4.32. The van der Waals surface area contributed by atoms with Gasteiger partial charge in [-0.3, -0.25) is 0 Å². The Labute approximate surface area is 108 Å². The normalized spacial score (nSPS) is 26.7. The number of hydrogen-bond donors (Lipinski definition) is 0. The molecular formula is C15H19ClO. The Morgan fingerprint density at radius 2 is 1.88 bits per heavy atom. The summed E-state index contributed by atoms with van der Waals surface area (Å²) in [6.45, 7) is 2.14. The van der Waals surface area contributed by atoms with Gasteiger partial charge in [0.25, 0.3) is 0 Å². The highest BCUT2D eigenvalue weighted by Crippen LogP contribution is 2.31. The Bertz CT molecular complexity index is 427. The third-order valence-electron chi connectivity index (χ3n) is 4.05. The average molecular weight is 251 g/mol. The average Bonchev–Trinajstić information content (AvgIpc) is 3.03. The van der Waals surface area contributed by atoms with E-state index in [1.54, 1.807) is 0 Å². The molecule has 1 saturated heterocycles. The topological polar surface area (TPSA) is 12.5 Å². The first kappa shape index (κ1) is 11.6. The van der Waals surface area contributed by atoms with Crippen LogP contribution in [-0.4, -0.2) is 12.2 Å². The number of rotatable bonds is 3. The standard InChI is InChI=1S/C15H19ClO/c1-10-15(17-10)7-6-13-8-11-4-2-3-5-12(11)9-14(13)16/h8-10,15H,2-7H2,1H3. The molecule has 1 aliphatic heterocycles. The van der Waals surface area contributed by atoms with Crippen molar-refractivity contribution in [3.05, 3.63) is 33.8 Å². The lowest BCUT2D eigenvalue weighted by Gasteiger charge is -2.17. The Morgan fingerprint density at radius 3 is 2.53 bits per heavy atom. The molecular weight excluding hydrogens is 232 g/mol. The molecule has 1 nitrogen and oxygen atoms in total. The van der Waals surface area contributed by atoms with Gasteiger partial charge in [0.05, 0.1) is 12.2 Å². The highest BCUT2D eigenvalue weighted by molar-refractivity contribution is 6.31. The number of benzene rings is 1. The second-order valence-electron chi connectivity index (χ2n) is 5.34. The van der Waals surface area contributed by atoms with E-state index in [1.807, 2.05) is 0 Å². The van der Waals surface area contributed by atoms with Gasteiger partial charge in [-0.1, -0.05) is 17.7 Å². The van der Waals surface area contributed by atoms with E-state index in [2.05, 4.69) is 19.1 Å². The number of fused-ring (bicyclic) bond motifs is 1. The van der Waals surface area contributed by atoms with Crippen LogP contribution in [0.25, 0.3) is 0 Å². The van der Waals surface area contributed by atoms with E-state index in [9.17, 15) is 0 Å². The predicted molar refractivity (Wildman–Crippen MR) is 70.8 cm³/mol. The summed E-state index contributed by atoms with van der Waals surface area (Å²) in [6.07, 6.45) is 8.19. The molecule has 2 heteroatoms. The van der Waals surface area contributed by atoms with Gasteiger partial charge in [-0.25, -0.2) is 0 Å². The lowest BCUT2D eigenvalue weighted by molar-refractivity contribution is 0.370. The number of aryl methyl sites for hydroxylation is 3. The lowest BCUT2D eigenvalue weighted by Crippen LogP contribution is -2.04. The van der Waals surface area contributed by atoms with Crippen molar-refractivity contribution in [2.45, 2.75) is 57.7 Å². The van der Waals surface area contributed by atoms with Crippen molar-refractivity contribution in [1.29, 1.82) is 0 Å². The Hall–Kier alpha value is -0.530. The minimum Gasteiger partial charge on any atom is -0.370 e. The molecule has 0 bridgehead atoms. The molecule has 92 valence electrons. The molecule has 1 aromatic carbocycles. The molecule has 0 amide bonds. The maximum atomic E-state index is 6.36. The van der Waals surface area contributed by atoms with Gasteiger partial charge < -0.3 is 4.74 Å². The molecule has 0 radical (unpaired) electrons. The number of epoxide rings is 1. The molecule has 0 saturated carbocycles. The molecule has 0 aromatic heterocycles. The molecule has 1 fully saturated rings. The summed E-state index contributed by atoms with van der Waals surface area (Å²) in [7, 11) is 0. The largest absolute Gasteiger partial charge is 0.370 e. The second kappa shape index (κ2) is 4.62. The van der Waals surface area contributed by atoms with E-state index in [0.717, 1.165) is 17.9 Å². The summed E-state index contributed by atoms with van der Waals surface area (Å²) in [6, 6.07) is 4.53. The first-order valence-corrected chi connectivity index (χ1v) is 7.07. The van der Waals surface area contributed by atoms with Crippen LogP contribution in [0, 0.1) is 0 Å². The van der Waals surface area contributed by atoms with E-state index >= 15 is 0 Å². The molecule has 1 heterocycles. The number of ether oxygens (including phenoxy) is 1. The highest BCUT2D eigenvalue weighted by atomic mass is 35.5.